The van der Waals surface area contributed by atoms with Crippen LogP contribution in [0.5, 0.6) is 0 Å². The van der Waals surface area contributed by atoms with Gasteiger partial charge in [-0.05, 0) is 42.2 Å². The first-order valence-electron chi connectivity index (χ1n) is 9.16. The number of thioether (sulfide) groups is 1. The molecule has 1 heterocycles. The molecule has 0 bridgehead atoms. The van der Waals surface area contributed by atoms with Crippen molar-refractivity contribution in [3.8, 4) is 11.4 Å². The number of nitrogens with zero attached hydrogens (tertiary/aromatic N) is 3. The predicted molar refractivity (Wildman–Crippen MR) is 116 cm³/mol. The molecule has 7 heteroatoms. The number of hydrogen-bond acceptors (Lipinski definition) is 4. The lowest BCUT2D eigenvalue weighted by atomic mass is 9.99. The van der Waals surface area contributed by atoms with Gasteiger partial charge in [-0.15, -0.1) is 10.2 Å². The van der Waals surface area contributed by atoms with E-state index in [2.05, 4.69) is 41.5 Å². The Morgan fingerprint density at radius 1 is 1.21 bits per heavy atom. The summed E-state index contributed by atoms with van der Waals surface area (Å²) in [6, 6.07) is 15.5. The molecule has 0 saturated heterocycles. The Labute approximate surface area is 174 Å². The Morgan fingerprint density at radius 2 is 1.96 bits per heavy atom. The van der Waals surface area contributed by atoms with E-state index in [1.165, 1.54) is 17.3 Å². The maximum Gasteiger partial charge on any atom is 0.234 e. The minimum absolute atomic E-state index is 0.0754. The quantitative estimate of drug-likeness (QED) is 0.527. The van der Waals surface area contributed by atoms with Crippen LogP contribution in [0.2, 0.25) is 5.02 Å². The van der Waals surface area contributed by atoms with Crippen LogP contribution in [0.15, 0.2) is 53.7 Å². The van der Waals surface area contributed by atoms with Crippen LogP contribution < -0.4 is 5.32 Å². The fraction of sp³-hybridized carbons (Fsp3) is 0.286. The summed E-state index contributed by atoms with van der Waals surface area (Å²) in [5.74, 6) is 1.42. The maximum atomic E-state index is 12.3. The summed E-state index contributed by atoms with van der Waals surface area (Å²) in [7, 11) is 1.88. The zero-order valence-electron chi connectivity index (χ0n) is 16.1. The highest BCUT2D eigenvalue weighted by Crippen LogP contribution is 2.25. The number of nitrogens with one attached hydrogen (secondary N) is 1. The molecule has 3 aromatic rings. The number of aromatic nitrogens is 3. The van der Waals surface area contributed by atoms with Gasteiger partial charge in [-0.2, -0.15) is 0 Å². The van der Waals surface area contributed by atoms with Gasteiger partial charge in [0.15, 0.2) is 11.0 Å². The highest BCUT2D eigenvalue weighted by molar-refractivity contribution is 7.99. The number of benzene rings is 2. The molecule has 3 rings (SSSR count). The van der Waals surface area contributed by atoms with Crippen LogP contribution in [-0.4, -0.2) is 26.4 Å². The van der Waals surface area contributed by atoms with E-state index in [9.17, 15) is 4.79 Å². The van der Waals surface area contributed by atoms with Crippen molar-refractivity contribution >= 4 is 35.0 Å². The molecular formula is C21H23ClN4OS. The average Bonchev–Trinajstić information content (AvgIpc) is 3.07. The molecule has 1 amide bonds. The predicted octanol–water partition coefficient (Wildman–Crippen LogP) is 5.38. The zero-order valence-corrected chi connectivity index (χ0v) is 17.7. The van der Waals surface area contributed by atoms with Crippen molar-refractivity contribution in [3.05, 3.63) is 59.1 Å². The third-order valence-electron chi connectivity index (χ3n) is 4.63. The first-order valence-corrected chi connectivity index (χ1v) is 10.5. The van der Waals surface area contributed by atoms with Gasteiger partial charge in [-0.25, -0.2) is 0 Å². The highest BCUT2D eigenvalue weighted by Gasteiger charge is 2.13. The van der Waals surface area contributed by atoms with Crippen LogP contribution in [0, 0.1) is 0 Å². The molecule has 0 aliphatic heterocycles. The second-order valence-electron chi connectivity index (χ2n) is 6.64. The molecule has 0 aliphatic carbocycles. The van der Waals surface area contributed by atoms with Gasteiger partial charge in [0.2, 0.25) is 5.91 Å². The van der Waals surface area contributed by atoms with E-state index in [0.29, 0.717) is 21.9 Å². The maximum absolute atomic E-state index is 12.3. The van der Waals surface area contributed by atoms with E-state index in [-0.39, 0.29) is 11.7 Å². The Hall–Kier alpha value is -2.31. The van der Waals surface area contributed by atoms with Crippen LogP contribution in [0.4, 0.5) is 5.69 Å². The Bertz CT molecular complexity index is 955. The zero-order chi connectivity index (χ0) is 20.1. The first kappa shape index (κ1) is 20.4. The van der Waals surface area contributed by atoms with Crippen molar-refractivity contribution in [2.75, 3.05) is 11.1 Å². The van der Waals surface area contributed by atoms with Crippen molar-refractivity contribution in [1.29, 1.82) is 0 Å². The minimum Gasteiger partial charge on any atom is -0.325 e. The van der Waals surface area contributed by atoms with E-state index in [1.54, 1.807) is 0 Å². The minimum atomic E-state index is -0.0754. The van der Waals surface area contributed by atoms with Crippen LogP contribution in [-0.2, 0) is 11.8 Å². The van der Waals surface area contributed by atoms with Crippen LogP contribution >= 0.6 is 23.4 Å². The lowest BCUT2D eigenvalue weighted by molar-refractivity contribution is -0.113. The SMILES string of the molecule is CC[C@H](C)c1ccc(NC(=O)CSc2nnc(-c3cccc(Cl)c3)n2C)cc1. The summed E-state index contributed by atoms with van der Waals surface area (Å²) >= 11 is 7.40. The number of hydrogen-bond donors (Lipinski definition) is 1. The number of carbonyl (C=O) groups excluding carboxylic acids is 1. The van der Waals surface area contributed by atoms with Gasteiger partial charge >= 0.3 is 0 Å². The van der Waals surface area contributed by atoms with Gasteiger partial charge in [0.05, 0.1) is 5.75 Å². The Kier molecular flexibility index (Phi) is 6.75. The fourth-order valence-electron chi connectivity index (χ4n) is 2.78. The van der Waals surface area contributed by atoms with Crippen molar-refractivity contribution in [2.24, 2.45) is 7.05 Å². The monoisotopic (exact) mass is 414 g/mol. The van der Waals surface area contributed by atoms with Gasteiger partial charge in [0.1, 0.15) is 0 Å². The summed E-state index contributed by atoms with van der Waals surface area (Å²) in [5, 5.41) is 12.7. The lowest BCUT2D eigenvalue weighted by Crippen LogP contribution is -2.14. The number of anilines is 1. The molecule has 2 aromatic carbocycles. The van der Waals surface area contributed by atoms with Crippen molar-refractivity contribution in [3.63, 3.8) is 0 Å². The van der Waals surface area contributed by atoms with Crippen LogP contribution in [0.1, 0.15) is 31.7 Å². The van der Waals surface area contributed by atoms with E-state index >= 15 is 0 Å². The topological polar surface area (TPSA) is 59.8 Å². The van der Waals surface area contributed by atoms with Gasteiger partial charge in [-0.3, -0.25) is 4.79 Å². The standard InChI is InChI=1S/C21H23ClN4OS/c1-4-14(2)15-8-10-18(11-9-15)23-19(27)13-28-21-25-24-20(26(21)3)16-6-5-7-17(22)12-16/h5-12,14H,4,13H2,1-3H3,(H,23,27)/t14-/m0/s1. The van der Waals surface area contributed by atoms with Crippen molar-refractivity contribution < 1.29 is 4.79 Å². The molecule has 1 N–H and O–H groups in total. The average molecular weight is 415 g/mol. The van der Waals surface area contributed by atoms with Crippen molar-refractivity contribution in [2.45, 2.75) is 31.3 Å². The van der Waals surface area contributed by atoms with E-state index < -0.39 is 0 Å². The largest absolute Gasteiger partial charge is 0.325 e. The molecule has 0 spiro atoms. The molecule has 0 radical (unpaired) electrons. The number of halogens is 1. The van der Waals surface area contributed by atoms with Crippen LogP contribution in [0.3, 0.4) is 0 Å². The molecule has 1 aromatic heterocycles. The first-order chi connectivity index (χ1) is 13.5. The number of rotatable bonds is 7. The van der Waals surface area contributed by atoms with Gasteiger partial charge in [0.25, 0.3) is 0 Å². The molecular weight excluding hydrogens is 392 g/mol. The molecule has 5 nitrogen and oxygen atoms in total. The summed E-state index contributed by atoms with van der Waals surface area (Å²) < 4.78 is 1.87. The molecule has 0 saturated carbocycles. The summed E-state index contributed by atoms with van der Waals surface area (Å²) in [6.45, 7) is 4.37. The van der Waals surface area contributed by atoms with E-state index in [1.807, 2.05) is 48.0 Å². The lowest BCUT2D eigenvalue weighted by Gasteiger charge is -2.10. The molecule has 146 valence electrons. The highest BCUT2D eigenvalue weighted by atomic mass is 35.5. The normalized spacial score (nSPS) is 12.0. The summed E-state index contributed by atoms with van der Waals surface area (Å²) in [4.78, 5) is 12.3. The second-order valence-corrected chi connectivity index (χ2v) is 8.02. The summed E-state index contributed by atoms with van der Waals surface area (Å²) in [5.41, 5.74) is 2.97. The molecule has 1 atom stereocenters. The van der Waals surface area contributed by atoms with Gasteiger partial charge in [0, 0.05) is 23.3 Å². The number of carbonyl (C=O) groups is 1. The van der Waals surface area contributed by atoms with Gasteiger partial charge in [-0.1, -0.05) is 61.5 Å². The molecule has 28 heavy (non-hydrogen) atoms. The molecule has 0 fully saturated rings. The van der Waals surface area contributed by atoms with E-state index in [4.69, 9.17) is 11.6 Å². The smallest absolute Gasteiger partial charge is 0.234 e. The van der Waals surface area contributed by atoms with Crippen LogP contribution in [0.25, 0.3) is 11.4 Å². The Balaban J connectivity index is 1.59. The second kappa shape index (κ2) is 9.26. The fourth-order valence-corrected chi connectivity index (χ4v) is 3.68. The van der Waals surface area contributed by atoms with E-state index in [0.717, 1.165) is 17.7 Å². The Morgan fingerprint density at radius 3 is 2.64 bits per heavy atom. The van der Waals surface area contributed by atoms with Crippen molar-refractivity contribution in [1.82, 2.24) is 14.8 Å². The third-order valence-corrected chi connectivity index (χ3v) is 5.88. The summed E-state index contributed by atoms with van der Waals surface area (Å²) in [6.07, 6.45) is 1.09. The van der Waals surface area contributed by atoms with Gasteiger partial charge < -0.3 is 9.88 Å². The molecule has 0 unspecified atom stereocenters. The third kappa shape index (κ3) is 4.94. The molecule has 0 aliphatic rings. The number of amides is 1.